The van der Waals surface area contributed by atoms with E-state index in [-0.39, 0.29) is 5.56 Å². The quantitative estimate of drug-likeness (QED) is 0.709. The van der Waals surface area contributed by atoms with Crippen molar-refractivity contribution in [2.75, 3.05) is 5.33 Å². The van der Waals surface area contributed by atoms with Crippen LogP contribution < -0.4 is 5.56 Å². The van der Waals surface area contributed by atoms with Crippen molar-refractivity contribution in [3.8, 4) is 11.1 Å². The van der Waals surface area contributed by atoms with E-state index in [1.165, 1.54) is 22.5 Å². The summed E-state index contributed by atoms with van der Waals surface area (Å²) in [7, 11) is 0. The van der Waals surface area contributed by atoms with Crippen LogP contribution in [0.2, 0.25) is 0 Å². The van der Waals surface area contributed by atoms with Crippen LogP contribution in [0.15, 0.2) is 28.4 Å². The number of rotatable bonds is 3. The summed E-state index contributed by atoms with van der Waals surface area (Å²) < 4.78 is 0. The second kappa shape index (κ2) is 5.73. The lowest BCUT2D eigenvalue weighted by molar-refractivity contribution is 0.960. The summed E-state index contributed by atoms with van der Waals surface area (Å²) in [5.41, 5.74) is 4.48. The zero-order valence-corrected chi connectivity index (χ0v) is 14.3. The summed E-state index contributed by atoms with van der Waals surface area (Å²) in [4.78, 5) is 20.6. The summed E-state index contributed by atoms with van der Waals surface area (Å²) in [6.45, 7) is 4.18. The maximum atomic E-state index is 12.4. The van der Waals surface area contributed by atoms with E-state index in [0.29, 0.717) is 5.39 Å². The topological polar surface area (TPSA) is 45.8 Å². The second-order valence-electron chi connectivity index (χ2n) is 5.08. The van der Waals surface area contributed by atoms with Crippen molar-refractivity contribution in [3.05, 3.63) is 50.9 Å². The first-order valence-electron chi connectivity index (χ1n) is 6.74. The molecule has 2 heterocycles. The van der Waals surface area contributed by atoms with Gasteiger partial charge in [-0.15, -0.1) is 11.3 Å². The minimum absolute atomic E-state index is 0.0505. The van der Waals surface area contributed by atoms with Gasteiger partial charge in [0.2, 0.25) is 0 Å². The molecule has 1 aromatic carbocycles. The Hall–Kier alpha value is -1.46. The molecule has 0 saturated carbocycles. The monoisotopic (exact) mass is 362 g/mol. The van der Waals surface area contributed by atoms with Crippen LogP contribution in [0.3, 0.4) is 0 Å². The summed E-state index contributed by atoms with van der Waals surface area (Å²) in [5.74, 6) is 0.734. The third kappa shape index (κ3) is 2.68. The van der Waals surface area contributed by atoms with Crippen molar-refractivity contribution in [3.63, 3.8) is 0 Å². The van der Waals surface area contributed by atoms with E-state index in [2.05, 4.69) is 57.9 Å². The molecule has 0 fully saturated rings. The van der Waals surface area contributed by atoms with E-state index in [1.54, 1.807) is 0 Å². The van der Waals surface area contributed by atoms with Gasteiger partial charge in [0, 0.05) is 22.7 Å². The SMILES string of the molecule is Cc1ccc(-c2csc3nc(CCBr)[nH]c(=O)c23)cc1C. The molecule has 3 nitrogen and oxygen atoms in total. The highest BCUT2D eigenvalue weighted by Crippen LogP contribution is 2.31. The molecule has 0 aliphatic rings. The molecule has 3 rings (SSSR count). The minimum Gasteiger partial charge on any atom is -0.310 e. The molecule has 0 aliphatic carbocycles. The van der Waals surface area contributed by atoms with Gasteiger partial charge in [-0.25, -0.2) is 4.98 Å². The Kier molecular flexibility index (Phi) is 3.95. The highest BCUT2D eigenvalue weighted by Gasteiger charge is 2.13. The van der Waals surface area contributed by atoms with Crippen LogP contribution >= 0.6 is 27.3 Å². The first-order chi connectivity index (χ1) is 10.1. The van der Waals surface area contributed by atoms with Gasteiger partial charge in [0.15, 0.2) is 0 Å². The number of nitrogens with one attached hydrogen (secondary N) is 1. The number of fused-ring (bicyclic) bond motifs is 1. The Morgan fingerprint density at radius 1 is 1.29 bits per heavy atom. The van der Waals surface area contributed by atoms with Crippen LogP contribution in [-0.4, -0.2) is 15.3 Å². The maximum Gasteiger partial charge on any atom is 0.260 e. The lowest BCUT2D eigenvalue weighted by Crippen LogP contribution is -2.11. The number of benzene rings is 1. The molecule has 0 amide bonds. The first-order valence-corrected chi connectivity index (χ1v) is 8.74. The van der Waals surface area contributed by atoms with E-state index >= 15 is 0 Å². The summed E-state index contributed by atoms with van der Waals surface area (Å²) >= 11 is 4.90. The fourth-order valence-corrected chi connectivity index (χ4v) is 3.67. The molecule has 3 aromatic rings. The van der Waals surface area contributed by atoms with E-state index in [0.717, 1.165) is 33.5 Å². The zero-order valence-electron chi connectivity index (χ0n) is 11.9. The van der Waals surface area contributed by atoms with Gasteiger partial charge in [0.1, 0.15) is 10.7 Å². The molecule has 108 valence electrons. The van der Waals surface area contributed by atoms with E-state index < -0.39 is 0 Å². The van der Waals surface area contributed by atoms with Crippen LogP contribution in [0, 0.1) is 13.8 Å². The van der Waals surface area contributed by atoms with Crippen LogP contribution in [-0.2, 0) is 6.42 Å². The number of alkyl halides is 1. The number of hydrogen-bond acceptors (Lipinski definition) is 3. The van der Waals surface area contributed by atoms with E-state index in [1.807, 2.05) is 5.38 Å². The van der Waals surface area contributed by atoms with Crippen molar-refractivity contribution >= 4 is 37.5 Å². The highest BCUT2D eigenvalue weighted by molar-refractivity contribution is 9.09. The van der Waals surface area contributed by atoms with Crippen molar-refractivity contribution in [1.82, 2.24) is 9.97 Å². The largest absolute Gasteiger partial charge is 0.310 e. The summed E-state index contributed by atoms with van der Waals surface area (Å²) in [6.07, 6.45) is 0.724. The highest BCUT2D eigenvalue weighted by atomic mass is 79.9. The van der Waals surface area contributed by atoms with Gasteiger partial charge in [-0.2, -0.15) is 0 Å². The molecule has 0 saturated heterocycles. The third-order valence-electron chi connectivity index (χ3n) is 3.64. The Labute approximate surface area is 135 Å². The number of nitrogens with zero attached hydrogens (tertiary/aromatic N) is 1. The van der Waals surface area contributed by atoms with Gasteiger partial charge in [0.05, 0.1) is 5.39 Å². The Balaban J connectivity index is 2.20. The van der Waals surface area contributed by atoms with E-state index in [4.69, 9.17) is 0 Å². The number of aromatic amines is 1. The number of hydrogen-bond donors (Lipinski definition) is 1. The maximum absolute atomic E-state index is 12.4. The Morgan fingerprint density at radius 2 is 2.10 bits per heavy atom. The van der Waals surface area contributed by atoms with Crippen LogP contribution in [0.25, 0.3) is 21.3 Å². The van der Waals surface area contributed by atoms with Gasteiger partial charge in [-0.05, 0) is 30.5 Å². The first kappa shape index (κ1) is 14.5. The van der Waals surface area contributed by atoms with Crippen molar-refractivity contribution < 1.29 is 0 Å². The summed E-state index contributed by atoms with van der Waals surface area (Å²) in [5, 5.41) is 3.51. The zero-order chi connectivity index (χ0) is 15.0. The fraction of sp³-hybridized carbons (Fsp3) is 0.250. The molecule has 2 aromatic heterocycles. The average molecular weight is 363 g/mol. The standard InChI is InChI=1S/C16H15BrN2OS/c1-9-3-4-11(7-10(9)2)12-8-21-16-14(12)15(20)18-13(19-16)5-6-17/h3-4,7-8H,5-6H2,1-2H3,(H,18,19,20). The van der Waals surface area contributed by atoms with Crippen molar-refractivity contribution in [2.24, 2.45) is 0 Å². The van der Waals surface area contributed by atoms with Crippen LogP contribution in [0.1, 0.15) is 17.0 Å². The molecule has 1 N–H and O–H groups in total. The van der Waals surface area contributed by atoms with Gasteiger partial charge >= 0.3 is 0 Å². The number of halogens is 1. The fourth-order valence-electron chi connectivity index (χ4n) is 2.32. The predicted octanol–water partition coefficient (Wildman–Crippen LogP) is 4.21. The van der Waals surface area contributed by atoms with Crippen molar-refractivity contribution in [2.45, 2.75) is 20.3 Å². The molecular weight excluding hydrogens is 348 g/mol. The molecule has 21 heavy (non-hydrogen) atoms. The van der Waals surface area contributed by atoms with Gasteiger partial charge in [0.25, 0.3) is 5.56 Å². The number of aromatic nitrogens is 2. The predicted molar refractivity (Wildman–Crippen MR) is 92.6 cm³/mol. The smallest absolute Gasteiger partial charge is 0.260 e. The van der Waals surface area contributed by atoms with Gasteiger partial charge in [-0.1, -0.05) is 34.1 Å². The molecule has 0 radical (unpaired) electrons. The number of aryl methyl sites for hydroxylation is 3. The molecule has 0 aliphatic heterocycles. The number of H-pyrrole nitrogens is 1. The average Bonchev–Trinajstić information content (AvgIpc) is 2.87. The van der Waals surface area contributed by atoms with Crippen molar-refractivity contribution in [1.29, 1.82) is 0 Å². The Morgan fingerprint density at radius 3 is 2.81 bits per heavy atom. The molecule has 0 spiro atoms. The van der Waals surface area contributed by atoms with Gasteiger partial charge < -0.3 is 4.98 Å². The molecule has 0 atom stereocenters. The Bertz CT molecular complexity index is 866. The van der Waals surface area contributed by atoms with Gasteiger partial charge in [-0.3, -0.25) is 4.79 Å². The second-order valence-corrected chi connectivity index (χ2v) is 6.73. The van der Waals surface area contributed by atoms with Crippen LogP contribution in [0.4, 0.5) is 0 Å². The minimum atomic E-state index is -0.0505. The molecule has 0 unspecified atom stereocenters. The third-order valence-corrected chi connectivity index (χ3v) is 4.91. The molecule has 5 heteroatoms. The normalized spacial score (nSPS) is 11.2. The number of thiophene rings is 1. The molecule has 0 bridgehead atoms. The molecular formula is C16H15BrN2OS. The van der Waals surface area contributed by atoms with Crippen LogP contribution in [0.5, 0.6) is 0 Å². The lowest BCUT2D eigenvalue weighted by atomic mass is 10.0. The van der Waals surface area contributed by atoms with E-state index in [9.17, 15) is 4.79 Å². The lowest BCUT2D eigenvalue weighted by Gasteiger charge is -2.04. The summed E-state index contributed by atoms with van der Waals surface area (Å²) in [6, 6.07) is 6.29.